The van der Waals surface area contributed by atoms with Crippen molar-refractivity contribution >= 4 is 22.4 Å². The third-order valence-corrected chi connectivity index (χ3v) is 4.43. The van der Waals surface area contributed by atoms with Gasteiger partial charge in [0.1, 0.15) is 5.60 Å². The second-order valence-corrected chi connectivity index (χ2v) is 6.99. The molecule has 0 radical (unpaired) electrons. The molecule has 0 aromatic heterocycles. The third-order valence-electron chi connectivity index (χ3n) is 3.90. The van der Waals surface area contributed by atoms with Gasteiger partial charge in [-0.3, -0.25) is 9.69 Å². The summed E-state index contributed by atoms with van der Waals surface area (Å²) in [6, 6.07) is 8.65. The minimum Gasteiger partial charge on any atom is -0.461 e. The highest BCUT2D eigenvalue weighted by atomic mass is 79.9. The van der Waals surface area contributed by atoms with Gasteiger partial charge in [0.2, 0.25) is 0 Å². The molecule has 1 aromatic carbocycles. The normalized spacial score (nSPS) is 17.9. The van der Waals surface area contributed by atoms with E-state index in [9.17, 15) is 4.79 Å². The van der Waals surface area contributed by atoms with Gasteiger partial charge in [-0.05, 0) is 63.4 Å². The maximum atomic E-state index is 10.5. The summed E-state index contributed by atoms with van der Waals surface area (Å²) in [5, 5.41) is 0. The molecule has 0 atom stereocenters. The maximum absolute atomic E-state index is 10.5. The van der Waals surface area contributed by atoms with E-state index in [2.05, 4.69) is 45.1 Å². The van der Waals surface area contributed by atoms with Crippen LogP contribution < -0.4 is 0 Å². The van der Waals surface area contributed by atoms with Crippen molar-refractivity contribution in [3.8, 4) is 0 Å². The van der Waals surface area contributed by atoms with Crippen LogP contribution in [0.25, 0.3) is 0 Å². The fourth-order valence-electron chi connectivity index (χ4n) is 2.87. The molecule has 2 rings (SSSR count). The van der Waals surface area contributed by atoms with E-state index in [0.717, 1.165) is 24.1 Å². The number of piperidine rings is 1. The molecule has 0 unspecified atom stereocenters. The first-order valence-corrected chi connectivity index (χ1v) is 7.89. The van der Waals surface area contributed by atoms with E-state index in [-0.39, 0.29) is 0 Å². The Hall–Kier alpha value is -0.870. The van der Waals surface area contributed by atoms with Crippen molar-refractivity contribution in [2.24, 2.45) is 0 Å². The highest BCUT2D eigenvalue weighted by molar-refractivity contribution is 9.10. The molecular formula is C16H22BrNO2. The van der Waals surface area contributed by atoms with Crippen LogP contribution in [0.3, 0.4) is 0 Å². The van der Waals surface area contributed by atoms with Crippen LogP contribution in [-0.2, 0) is 9.53 Å². The Labute approximate surface area is 129 Å². The van der Waals surface area contributed by atoms with Gasteiger partial charge in [-0.1, -0.05) is 28.1 Å². The lowest BCUT2D eigenvalue weighted by Gasteiger charge is -2.36. The van der Waals surface area contributed by atoms with E-state index in [1.807, 2.05) is 13.8 Å². The highest BCUT2D eigenvalue weighted by Crippen LogP contribution is 2.29. The Balaban J connectivity index is 1.86. The molecule has 3 nitrogen and oxygen atoms in total. The molecule has 1 aliphatic rings. The summed E-state index contributed by atoms with van der Waals surface area (Å²) in [5.74, 6) is 0.648. The molecule has 0 N–H and O–H groups in total. The maximum Gasteiger partial charge on any atom is 0.293 e. The van der Waals surface area contributed by atoms with Crippen molar-refractivity contribution in [2.45, 2.75) is 38.2 Å². The van der Waals surface area contributed by atoms with Crippen molar-refractivity contribution in [1.82, 2.24) is 4.90 Å². The molecule has 1 fully saturated rings. The molecule has 0 spiro atoms. The smallest absolute Gasteiger partial charge is 0.293 e. The van der Waals surface area contributed by atoms with Gasteiger partial charge in [0.05, 0.1) is 0 Å². The molecule has 0 aliphatic carbocycles. The van der Waals surface area contributed by atoms with Gasteiger partial charge >= 0.3 is 0 Å². The molecule has 0 bridgehead atoms. The fraction of sp³-hybridized carbons (Fsp3) is 0.562. The first-order valence-electron chi connectivity index (χ1n) is 7.09. The largest absolute Gasteiger partial charge is 0.461 e. The molecule has 1 saturated heterocycles. The minimum atomic E-state index is -0.397. The molecular weight excluding hydrogens is 318 g/mol. The second-order valence-electron chi connectivity index (χ2n) is 6.08. The average molecular weight is 340 g/mol. The molecule has 1 aliphatic heterocycles. The molecule has 110 valence electrons. The number of halogens is 1. The van der Waals surface area contributed by atoms with Crippen LogP contribution >= 0.6 is 15.9 Å². The van der Waals surface area contributed by atoms with Crippen LogP contribution in [-0.4, -0.2) is 36.6 Å². The van der Waals surface area contributed by atoms with Crippen molar-refractivity contribution < 1.29 is 9.53 Å². The van der Waals surface area contributed by atoms with E-state index < -0.39 is 5.60 Å². The predicted molar refractivity (Wildman–Crippen MR) is 83.8 cm³/mol. The fourth-order valence-corrected chi connectivity index (χ4v) is 3.13. The van der Waals surface area contributed by atoms with E-state index >= 15 is 0 Å². The third kappa shape index (κ3) is 4.32. The standard InChI is InChI=1S/C16H22BrNO2/c1-16(2,20-12-19)11-18-9-7-14(8-10-18)13-3-5-15(17)6-4-13/h3-6,12,14H,7-11H2,1-2H3. The van der Waals surface area contributed by atoms with E-state index in [4.69, 9.17) is 4.74 Å². The number of rotatable bonds is 5. The molecule has 1 heterocycles. The topological polar surface area (TPSA) is 29.5 Å². The van der Waals surface area contributed by atoms with Crippen LogP contribution in [0, 0.1) is 0 Å². The first kappa shape index (κ1) is 15.5. The molecule has 1 aromatic rings. The summed E-state index contributed by atoms with van der Waals surface area (Å²) < 4.78 is 6.26. The number of ether oxygens (including phenoxy) is 1. The zero-order chi connectivity index (χ0) is 14.6. The monoisotopic (exact) mass is 339 g/mol. The van der Waals surface area contributed by atoms with E-state index in [0.29, 0.717) is 12.4 Å². The number of benzene rings is 1. The molecule has 4 heteroatoms. The average Bonchev–Trinajstić information content (AvgIpc) is 2.40. The number of hydrogen-bond acceptors (Lipinski definition) is 3. The summed E-state index contributed by atoms with van der Waals surface area (Å²) in [6.45, 7) is 7.40. The van der Waals surface area contributed by atoms with Gasteiger partial charge in [-0.15, -0.1) is 0 Å². The van der Waals surface area contributed by atoms with Crippen LogP contribution in [0.1, 0.15) is 38.2 Å². The Morgan fingerprint density at radius 3 is 2.45 bits per heavy atom. The van der Waals surface area contributed by atoms with Gasteiger partial charge in [-0.2, -0.15) is 0 Å². The molecule has 0 amide bonds. The van der Waals surface area contributed by atoms with Crippen LogP contribution in [0.5, 0.6) is 0 Å². The number of likely N-dealkylation sites (tertiary alicyclic amines) is 1. The lowest BCUT2D eigenvalue weighted by Crippen LogP contribution is -2.44. The predicted octanol–water partition coefficient (Wildman–Crippen LogP) is 3.58. The van der Waals surface area contributed by atoms with Crippen molar-refractivity contribution in [2.75, 3.05) is 19.6 Å². The summed E-state index contributed by atoms with van der Waals surface area (Å²) in [4.78, 5) is 12.9. The molecule has 0 saturated carbocycles. The van der Waals surface area contributed by atoms with Gasteiger partial charge in [0.25, 0.3) is 6.47 Å². The van der Waals surface area contributed by atoms with Gasteiger partial charge < -0.3 is 4.74 Å². The van der Waals surface area contributed by atoms with Crippen molar-refractivity contribution in [3.05, 3.63) is 34.3 Å². The van der Waals surface area contributed by atoms with E-state index in [1.165, 1.54) is 18.4 Å². The van der Waals surface area contributed by atoms with Crippen LogP contribution in [0.4, 0.5) is 0 Å². The summed E-state index contributed by atoms with van der Waals surface area (Å²) in [7, 11) is 0. The van der Waals surface area contributed by atoms with Crippen molar-refractivity contribution in [1.29, 1.82) is 0 Å². The van der Waals surface area contributed by atoms with Gasteiger partial charge in [-0.25, -0.2) is 0 Å². The highest BCUT2D eigenvalue weighted by Gasteiger charge is 2.27. The Morgan fingerprint density at radius 2 is 1.90 bits per heavy atom. The summed E-state index contributed by atoms with van der Waals surface area (Å²) in [5.41, 5.74) is 1.03. The van der Waals surface area contributed by atoms with E-state index in [1.54, 1.807) is 0 Å². The summed E-state index contributed by atoms with van der Waals surface area (Å²) in [6.07, 6.45) is 2.33. The quantitative estimate of drug-likeness (QED) is 0.768. The van der Waals surface area contributed by atoms with Crippen LogP contribution in [0.15, 0.2) is 28.7 Å². The lowest BCUT2D eigenvalue weighted by molar-refractivity contribution is -0.142. The second kappa shape index (κ2) is 6.72. The van der Waals surface area contributed by atoms with Crippen LogP contribution in [0.2, 0.25) is 0 Å². The Kier molecular flexibility index (Phi) is 5.22. The van der Waals surface area contributed by atoms with Gasteiger partial charge in [0, 0.05) is 11.0 Å². The van der Waals surface area contributed by atoms with Gasteiger partial charge in [0.15, 0.2) is 0 Å². The van der Waals surface area contributed by atoms with Crippen molar-refractivity contribution in [3.63, 3.8) is 0 Å². The first-order chi connectivity index (χ1) is 9.50. The SMILES string of the molecule is CC(C)(CN1CCC(c2ccc(Br)cc2)CC1)OC=O. The summed E-state index contributed by atoms with van der Waals surface area (Å²) >= 11 is 3.48. The molecule has 20 heavy (non-hydrogen) atoms. The lowest BCUT2D eigenvalue weighted by atomic mass is 9.89. The zero-order valence-electron chi connectivity index (χ0n) is 12.1. The zero-order valence-corrected chi connectivity index (χ0v) is 13.7. The number of carbonyl (C=O) groups is 1. The minimum absolute atomic E-state index is 0.397. The Morgan fingerprint density at radius 1 is 1.30 bits per heavy atom. The number of carbonyl (C=O) groups excluding carboxylic acids is 1. The number of nitrogens with zero attached hydrogens (tertiary/aromatic N) is 1. The number of hydrogen-bond donors (Lipinski definition) is 0. The Bertz CT molecular complexity index is 436.